The van der Waals surface area contributed by atoms with Gasteiger partial charge in [0.2, 0.25) is 0 Å². The highest BCUT2D eigenvalue weighted by Crippen LogP contribution is 2.38. The van der Waals surface area contributed by atoms with E-state index in [0.717, 1.165) is 27.9 Å². The number of ether oxygens (including phenoxy) is 2. The number of hydrogen-bond acceptors (Lipinski definition) is 6. The molecule has 2 aliphatic rings. The molecule has 0 aromatic heterocycles. The Morgan fingerprint density at radius 2 is 1.44 bits per heavy atom. The first kappa shape index (κ1) is 24.2. The number of nitrogens with zero attached hydrogens (tertiary/aromatic N) is 3. The summed E-state index contributed by atoms with van der Waals surface area (Å²) in [5.74, 6) is 2.07. The number of carbonyl (C=O) groups is 1. The Morgan fingerprint density at radius 3 is 2.15 bits per heavy atom. The number of rotatable bonds is 4. The molecule has 0 saturated heterocycles. The maximum atomic E-state index is 13.9. The SMILES string of the molecule is COc1ccc(/C=C2\C(=O)Nc3ccccc3C3=Nc4ccccc4N=C(c4ccc(C)cc4)N32)cc1OC. The van der Waals surface area contributed by atoms with Gasteiger partial charge in [-0.1, -0.05) is 60.2 Å². The van der Waals surface area contributed by atoms with Crippen molar-refractivity contribution in [2.24, 2.45) is 9.98 Å². The van der Waals surface area contributed by atoms with Crippen LogP contribution in [0.15, 0.2) is 107 Å². The van der Waals surface area contributed by atoms with Crippen molar-refractivity contribution in [2.45, 2.75) is 6.92 Å². The zero-order valence-electron chi connectivity index (χ0n) is 21.8. The number of carbonyl (C=O) groups excluding carboxylic acids is 1. The number of fused-ring (bicyclic) bond motifs is 4. The van der Waals surface area contributed by atoms with E-state index in [9.17, 15) is 4.79 Å². The summed E-state index contributed by atoms with van der Waals surface area (Å²) in [6.45, 7) is 2.04. The Labute approximate surface area is 226 Å². The van der Waals surface area contributed by atoms with E-state index in [4.69, 9.17) is 19.5 Å². The smallest absolute Gasteiger partial charge is 0.272 e. The Kier molecular flexibility index (Phi) is 6.17. The van der Waals surface area contributed by atoms with Crippen molar-refractivity contribution in [2.75, 3.05) is 19.5 Å². The van der Waals surface area contributed by atoms with Crippen molar-refractivity contribution in [3.8, 4) is 11.5 Å². The number of anilines is 1. The lowest BCUT2D eigenvalue weighted by molar-refractivity contribution is -0.113. The Balaban J connectivity index is 1.65. The summed E-state index contributed by atoms with van der Waals surface area (Å²) in [7, 11) is 3.18. The Morgan fingerprint density at radius 1 is 0.769 bits per heavy atom. The molecule has 0 saturated carbocycles. The fourth-order valence-corrected chi connectivity index (χ4v) is 4.69. The highest BCUT2D eigenvalue weighted by atomic mass is 16.5. The molecule has 7 nitrogen and oxygen atoms in total. The molecule has 4 aromatic carbocycles. The second-order valence-corrected chi connectivity index (χ2v) is 9.20. The van der Waals surface area contributed by atoms with Gasteiger partial charge in [-0.05, 0) is 55.0 Å². The fourth-order valence-electron chi connectivity index (χ4n) is 4.69. The van der Waals surface area contributed by atoms with Crippen LogP contribution >= 0.6 is 0 Å². The van der Waals surface area contributed by atoms with Gasteiger partial charge in [0.05, 0.1) is 31.3 Å². The van der Waals surface area contributed by atoms with Crippen molar-refractivity contribution < 1.29 is 14.3 Å². The van der Waals surface area contributed by atoms with Crippen molar-refractivity contribution in [1.29, 1.82) is 0 Å². The summed E-state index contributed by atoms with van der Waals surface area (Å²) in [5.41, 5.74) is 6.00. The highest BCUT2D eigenvalue weighted by molar-refractivity contribution is 6.27. The van der Waals surface area contributed by atoms with Crippen LogP contribution in [0.25, 0.3) is 6.08 Å². The topological polar surface area (TPSA) is 75.5 Å². The Bertz CT molecular complexity index is 1690. The van der Waals surface area contributed by atoms with E-state index >= 15 is 0 Å². The molecule has 0 spiro atoms. The van der Waals surface area contributed by atoms with Gasteiger partial charge in [-0.15, -0.1) is 0 Å². The molecule has 39 heavy (non-hydrogen) atoms. The zero-order valence-corrected chi connectivity index (χ0v) is 21.8. The van der Waals surface area contributed by atoms with E-state index in [1.165, 1.54) is 0 Å². The number of amidine groups is 2. The van der Waals surface area contributed by atoms with Gasteiger partial charge < -0.3 is 14.8 Å². The molecule has 2 heterocycles. The summed E-state index contributed by atoms with van der Waals surface area (Å²) in [6, 6.07) is 29.1. The molecule has 0 bridgehead atoms. The third-order valence-electron chi connectivity index (χ3n) is 6.67. The minimum absolute atomic E-state index is 0.284. The molecular formula is C32H26N4O3. The van der Waals surface area contributed by atoms with Gasteiger partial charge in [0.1, 0.15) is 17.4 Å². The molecule has 0 fully saturated rings. The third kappa shape index (κ3) is 4.44. The standard InChI is InChI=1S/C32H26N4O3/c1-20-12-15-22(16-13-20)30-33-25-10-6-7-11-26(25)34-31-23-8-4-5-9-24(23)35-32(37)27(36(30)31)18-21-14-17-28(38-2)29(19-21)39-3/h4-19H,1-3H3,(H,35,37)/b27-18+. The normalized spacial score (nSPS) is 15.1. The van der Waals surface area contributed by atoms with E-state index in [0.29, 0.717) is 40.2 Å². The lowest BCUT2D eigenvalue weighted by Crippen LogP contribution is -2.38. The molecule has 7 heteroatoms. The summed E-state index contributed by atoms with van der Waals surface area (Å²) < 4.78 is 10.9. The summed E-state index contributed by atoms with van der Waals surface area (Å²) in [4.78, 5) is 26.0. The van der Waals surface area contributed by atoms with Crippen molar-refractivity contribution in [1.82, 2.24) is 4.90 Å². The van der Waals surface area contributed by atoms with Gasteiger partial charge in [-0.25, -0.2) is 9.98 Å². The molecule has 2 aliphatic heterocycles. The van der Waals surface area contributed by atoms with Crippen molar-refractivity contribution in [3.05, 3.63) is 119 Å². The molecule has 0 radical (unpaired) electrons. The second-order valence-electron chi connectivity index (χ2n) is 9.20. The Hall–Kier alpha value is -5.17. The number of amides is 1. The summed E-state index contributed by atoms with van der Waals surface area (Å²) in [6.07, 6.45) is 1.82. The molecule has 6 rings (SSSR count). The number of aliphatic imine (C=N–C) groups is 2. The van der Waals surface area contributed by atoms with E-state index in [1.54, 1.807) is 14.2 Å². The number of para-hydroxylation sites is 3. The van der Waals surface area contributed by atoms with Gasteiger partial charge in [0, 0.05) is 11.1 Å². The minimum atomic E-state index is -0.284. The monoisotopic (exact) mass is 514 g/mol. The maximum absolute atomic E-state index is 13.9. The number of aryl methyl sites for hydroxylation is 1. The van der Waals surface area contributed by atoms with Crippen LogP contribution in [0.5, 0.6) is 11.5 Å². The predicted molar refractivity (Wildman–Crippen MR) is 154 cm³/mol. The first-order valence-corrected chi connectivity index (χ1v) is 12.5. The number of benzene rings is 4. The van der Waals surface area contributed by atoms with Gasteiger partial charge in [-0.2, -0.15) is 0 Å². The quantitative estimate of drug-likeness (QED) is 0.317. The van der Waals surface area contributed by atoms with E-state index in [1.807, 2.05) is 109 Å². The van der Waals surface area contributed by atoms with E-state index in [-0.39, 0.29) is 5.91 Å². The first-order valence-electron chi connectivity index (χ1n) is 12.5. The van der Waals surface area contributed by atoms with Crippen LogP contribution in [0.1, 0.15) is 22.3 Å². The molecule has 1 amide bonds. The van der Waals surface area contributed by atoms with E-state index < -0.39 is 0 Å². The highest BCUT2D eigenvalue weighted by Gasteiger charge is 2.35. The third-order valence-corrected chi connectivity index (χ3v) is 6.67. The molecule has 0 atom stereocenters. The largest absolute Gasteiger partial charge is 0.493 e. The number of hydrogen-bond donors (Lipinski definition) is 1. The van der Waals surface area contributed by atoms with Crippen LogP contribution in [-0.2, 0) is 4.79 Å². The molecular weight excluding hydrogens is 488 g/mol. The van der Waals surface area contributed by atoms with E-state index in [2.05, 4.69) is 5.32 Å². The van der Waals surface area contributed by atoms with Crippen molar-refractivity contribution >= 4 is 40.7 Å². The summed E-state index contributed by atoms with van der Waals surface area (Å²) >= 11 is 0. The van der Waals surface area contributed by atoms with Gasteiger partial charge >= 0.3 is 0 Å². The lowest BCUT2D eigenvalue weighted by Gasteiger charge is -2.26. The number of nitrogens with one attached hydrogen (secondary N) is 1. The van der Waals surface area contributed by atoms with Gasteiger partial charge in [-0.3, -0.25) is 9.69 Å². The average molecular weight is 515 g/mol. The minimum Gasteiger partial charge on any atom is -0.493 e. The van der Waals surface area contributed by atoms with Crippen LogP contribution < -0.4 is 14.8 Å². The second kappa shape index (κ2) is 9.95. The van der Waals surface area contributed by atoms with Gasteiger partial charge in [0.25, 0.3) is 5.91 Å². The average Bonchev–Trinajstić information content (AvgIpc) is 3.19. The maximum Gasteiger partial charge on any atom is 0.272 e. The van der Waals surface area contributed by atoms with Crippen LogP contribution in [0, 0.1) is 6.92 Å². The lowest BCUT2D eigenvalue weighted by atomic mass is 10.1. The summed E-state index contributed by atoms with van der Waals surface area (Å²) in [5, 5.41) is 3.09. The van der Waals surface area contributed by atoms with Gasteiger partial charge in [0.15, 0.2) is 11.5 Å². The van der Waals surface area contributed by atoms with Crippen LogP contribution in [0.4, 0.5) is 17.1 Å². The van der Waals surface area contributed by atoms with Crippen LogP contribution in [0.2, 0.25) is 0 Å². The van der Waals surface area contributed by atoms with Crippen LogP contribution in [0.3, 0.4) is 0 Å². The molecule has 4 aromatic rings. The predicted octanol–water partition coefficient (Wildman–Crippen LogP) is 6.48. The number of methoxy groups -OCH3 is 2. The van der Waals surface area contributed by atoms with Crippen molar-refractivity contribution in [3.63, 3.8) is 0 Å². The molecule has 1 N–H and O–H groups in total. The molecule has 192 valence electrons. The zero-order chi connectivity index (χ0) is 26.9. The molecule has 0 unspecified atom stereocenters. The fraction of sp³-hybridized carbons (Fsp3) is 0.0938. The molecule has 0 aliphatic carbocycles. The van der Waals surface area contributed by atoms with Crippen LogP contribution in [-0.4, -0.2) is 36.7 Å². The first-order chi connectivity index (χ1) is 19.1.